The Hall–Kier alpha value is -3.35. The third kappa shape index (κ3) is 4.44. The van der Waals surface area contributed by atoms with Crippen molar-refractivity contribution in [3.05, 3.63) is 88.9 Å². The predicted octanol–water partition coefficient (Wildman–Crippen LogP) is 4.48. The number of aromatic nitrogens is 1. The first-order valence-electron chi connectivity index (χ1n) is 8.14. The average molecular weight is 371 g/mol. The molecule has 0 fully saturated rings. The van der Waals surface area contributed by atoms with Gasteiger partial charge in [-0.1, -0.05) is 29.8 Å². The van der Waals surface area contributed by atoms with E-state index in [1.807, 2.05) is 31.2 Å². The molecule has 0 aliphatic carbocycles. The minimum atomic E-state index is -1.58. The molecule has 1 amide bonds. The molecule has 0 aliphatic heterocycles. The van der Waals surface area contributed by atoms with Crippen LogP contribution in [0.1, 0.15) is 21.5 Å². The second-order valence-corrected chi connectivity index (χ2v) is 5.95. The Morgan fingerprint density at radius 3 is 2.63 bits per heavy atom. The molecule has 1 heterocycles. The van der Waals surface area contributed by atoms with Crippen LogP contribution in [0, 0.1) is 24.4 Å². The largest absolute Gasteiger partial charge is 0.348 e. The number of nitrogens with zero attached hydrogens (tertiary/aromatic N) is 1. The summed E-state index contributed by atoms with van der Waals surface area (Å²) in [5.41, 5.74) is 2.06. The highest BCUT2D eigenvalue weighted by Gasteiger charge is 2.14. The summed E-state index contributed by atoms with van der Waals surface area (Å²) in [5, 5.41) is 5.33. The molecule has 3 aromatic rings. The number of nitrogens with one attached hydrogen (secondary N) is 2. The van der Waals surface area contributed by atoms with Gasteiger partial charge in [-0.3, -0.25) is 4.79 Å². The zero-order chi connectivity index (χ0) is 19.4. The van der Waals surface area contributed by atoms with Gasteiger partial charge in [0.25, 0.3) is 5.91 Å². The molecule has 2 N–H and O–H groups in total. The number of carbonyl (C=O) groups is 1. The van der Waals surface area contributed by atoms with Gasteiger partial charge in [-0.15, -0.1) is 0 Å². The van der Waals surface area contributed by atoms with E-state index in [4.69, 9.17) is 0 Å². The zero-order valence-corrected chi connectivity index (χ0v) is 14.4. The van der Waals surface area contributed by atoms with Crippen LogP contribution in [0.15, 0.2) is 54.7 Å². The number of aryl methyl sites for hydroxylation is 1. The van der Waals surface area contributed by atoms with Gasteiger partial charge in [-0.25, -0.2) is 18.2 Å². The number of rotatable bonds is 5. The van der Waals surface area contributed by atoms with Crippen LogP contribution in [0.25, 0.3) is 0 Å². The summed E-state index contributed by atoms with van der Waals surface area (Å²) in [6.07, 6.45) is 1.36. The van der Waals surface area contributed by atoms with Crippen LogP contribution in [0.3, 0.4) is 0 Å². The quantitative estimate of drug-likeness (QED) is 0.650. The Kier molecular flexibility index (Phi) is 5.40. The second kappa shape index (κ2) is 7.90. The maximum atomic E-state index is 13.8. The van der Waals surface area contributed by atoms with E-state index in [9.17, 15) is 18.0 Å². The average Bonchev–Trinajstić information content (AvgIpc) is 2.67. The van der Waals surface area contributed by atoms with E-state index < -0.39 is 17.5 Å². The molecular weight excluding hydrogens is 355 g/mol. The Morgan fingerprint density at radius 1 is 1.04 bits per heavy atom. The first-order chi connectivity index (χ1) is 12.9. The van der Waals surface area contributed by atoms with Crippen LogP contribution in [-0.4, -0.2) is 10.9 Å². The number of pyridine rings is 1. The monoisotopic (exact) mass is 371 g/mol. The van der Waals surface area contributed by atoms with E-state index >= 15 is 0 Å². The lowest BCUT2D eigenvalue weighted by Gasteiger charge is -2.10. The van der Waals surface area contributed by atoms with Gasteiger partial charge >= 0.3 is 0 Å². The zero-order valence-electron chi connectivity index (χ0n) is 14.4. The topological polar surface area (TPSA) is 54.0 Å². The van der Waals surface area contributed by atoms with Gasteiger partial charge in [0.05, 0.1) is 5.69 Å². The Balaban J connectivity index is 1.71. The number of anilines is 2. The van der Waals surface area contributed by atoms with Crippen LogP contribution in [-0.2, 0) is 6.54 Å². The molecule has 0 saturated carbocycles. The molecule has 2 aromatic carbocycles. The molecule has 3 rings (SSSR count). The van der Waals surface area contributed by atoms with Crippen LogP contribution in [0.4, 0.5) is 24.7 Å². The summed E-state index contributed by atoms with van der Waals surface area (Å²) in [4.78, 5) is 16.3. The number of hydrogen-bond acceptors (Lipinski definition) is 3. The van der Waals surface area contributed by atoms with Crippen molar-refractivity contribution in [3.8, 4) is 0 Å². The van der Waals surface area contributed by atoms with E-state index in [-0.39, 0.29) is 17.4 Å². The molecule has 7 heteroatoms. The van der Waals surface area contributed by atoms with Crippen molar-refractivity contribution in [1.82, 2.24) is 10.3 Å². The molecule has 0 saturated heterocycles. The van der Waals surface area contributed by atoms with Crippen molar-refractivity contribution in [1.29, 1.82) is 0 Å². The lowest BCUT2D eigenvalue weighted by molar-refractivity contribution is 0.0951. The number of carbonyl (C=O) groups excluding carboxylic acids is 1. The van der Waals surface area contributed by atoms with Crippen LogP contribution in [0.2, 0.25) is 0 Å². The lowest BCUT2D eigenvalue weighted by atomic mass is 10.1. The van der Waals surface area contributed by atoms with E-state index in [1.54, 1.807) is 0 Å². The fourth-order valence-corrected chi connectivity index (χ4v) is 2.51. The third-order valence-corrected chi connectivity index (χ3v) is 3.86. The van der Waals surface area contributed by atoms with Crippen LogP contribution >= 0.6 is 0 Å². The van der Waals surface area contributed by atoms with Gasteiger partial charge in [0.15, 0.2) is 17.5 Å². The predicted molar refractivity (Wildman–Crippen MR) is 96.2 cm³/mol. The fraction of sp³-hybridized carbons (Fsp3) is 0.100. The van der Waals surface area contributed by atoms with E-state index in [0.29, 0.717) is 12.1 Å². The Morgan fingerprint density at radius 2 is 1.85 bits per heavy atom. The number of hydrogen-bond donors (Lipinski definition) is 2. The molecule has 0 radical (unpaired) electrons. The van der Waals surface area contributed by atoms with Crippen molar-refractivity contribution >= 4 is 17.4 Å². The normalized spacial score (nSPS) is 10.5. The number of amides is 1. The van der Waals surface area contributed by atoms with Gasteiger partial charge < -0.3 is 10.6 Å². The molecule has 0 unspecified atom stereocenters. The van der Waals surface area contributed by atoms with Gasteiger partial charge in [0.2, 0.25) is 0 Å². The van der Waals surface area contributed by atoms with Gasteiger partial charge in [0, 0.05) is 18.3 Å². The first-order valence-corrected chi connectivity index (χ1v) is 8.14. The minimum absolute atomic E-state index is 0.128. The summed E-state index contributed by atoms with van der Waals surface area (Å²) in [5.74, 6) is -4.43. The lowest BCUT2D eigenvalue weighted by Crippen LogP contribution is -2.23. The van der Waals surface area contributed by atoms with Crippen molar-refractivity contribution < 1.29 is 18.0 Å². The minimum Gasteiger partial charge on any atom is -0.348 e. The summed E-state index contributed by atoms with van der Waals surface area (Å²) in [6, 6.07) is 12.5. The van der Waals surface area contributed by atoms with Crippen LogP contribution < -0.4 is 10.6 Å². The molecule has 0 bridgehead atoms. The third-order valence-electron chi connectivity index (χ3n) is 3.86. The smallest absolute Gasteiger partial charge is 0.251 e. The Bertz CT molecular complexity index is 992. The van der Waals surface area contributed by atoms with Gasteiger partial charge in [-0.05, 0) is 36.8 Å². The number of halogens is 3. The Labute approximate surface area is 154 Å². The highest BCUT2D eigenvalue weighted by atomic mass is 19.2. The van der Waals surface area contributed by atoms with Crippen molar-refractivity contribution in [3.63, 3.8) is 0 Å². The molecule has 4 nitrogen and oxygen atoms in total. The van der Waals surface area contributed by atoms with Gasteiger partial charge in [0.1, 0.15) is 5.82 Å². The second-order valence-electron chi connectivity index (χ2n) is 5.95. The van der Waals surface area contributed by atoms with E-state index in [2.05, 4.69) is 15.6 Å². The summed E-state index contributed by atoms with van der Waals surface area (Å²) >= 11 is 0. The molecular formula is C20H16F3N3O. The molecule has 27 heavy (non-hydrogen) atoms. The summed E-state index contributed by atoms with van der Waals surface area (Å²) in [7, 11) is 0. The molecule has 0 spiro atoms. The molecule has 0 aliphatic rings. The van der Waals surface area contributed by atoms with Gasteiger partial charge in [-0.2, -0.15) is 0 Å². The first kappa shape index (κ1) is 18.4. The summed E-state index contributed by atoms with van der Waals surface area (Å²) < 4.78 is 40.1. The molecule has 0 atom stereocenters. The molecule has 138 valence electrons. The maximum Gasteiger partial charge on any atom is 0.251 e. The molecule has 1 aromatic heterocycles. The number of benzene rings is 2. The van der Waals surface area contributed by atoms with Crippen molar-refractivity contribution in [2.24, 2.45) is 0 Å². The summed E-state index contributed by atoms with van der Waals surface area (Å²) in [6.45, 7) is 2.31. The SMILES string of the molecule is Cc1cccc(CNC(=O)c2ccnc(Nc3ccc(F)c(F)c3F)c2)c1. The van der Waals surface area contributed by atoms with Crippen molar-refractivity contribution in [2.45, 2.75) is 13.5 Å². The van der Waals surface area contributed by atoms with E-state index in [1.165, 1.54) is 18.3 Å². The fourth-order valence-electron chi connectivity index (χ4n) is 2.51. The van der Waals surface area contributed by atoms with Crippen molar-refractivity contribution in [2.75, 3.05) is 5.32 Å². The standard InChI is InChI=1S/C20H16F3N3O/c1-12-3-2-4-13(9-12)11-25-20(27)14-7-8-24-17(10-14)26-16-6-5-15(21)18(22)19(16)23/h2-10H,11H2,1H3,(H,24,26)(H,25,27). The van der Waals surface area contributed by atoms with E-state index in [0.717, 1.165) is 23.3 Å². The van der Waals surface area contributed by atoms with Crippen LogP contribution in [0.5, 0.6) is 0 Å². The maximum absolute atomic E-state index is 13.8. The highest BCUT2D eigenvalue weighted by Crippen LogP contribution is 2.23. The highest BCUT2D eigenvalue weighted by molar-refractivity contribution is 5.94.